The number of hydrogen-bond acceptors (Lipinski definition) is 3. The summed E-state index contributed by atoms with van der Waals surface area (Å²) in [5, 5.41) is 0. The Morgan fingerprint density at radius 1 is 1.14 bits per heavy atom. The largest absolute Gasteiger partial charge is 0.331 e. The molecule has 1 atom stereocenters. The zero-order valence-corrected chi connectivity index (χ0v) is 12.4. The van der Waals surface area contributed by atoms with Crippen LogP contribution in [-0.4, -0.2) is 9.55 Å². The highest BCUT2D eigenvalue weighted by atomic mass is 15.2. The second-order valence-electron chi connectivity index (χ2n) is 5.41. The van der Waals surface area contributed by atoms with Crippen molar-refractivity contribution >= 4 is 11.0 Å². The van der Waals surface area contributed by atoms with E-state index < -0.39 is 0 Å². The van der Waals surface area contributed by atoms with Crippen molar-refractivity contribution in [2.45, 2.75) is 19.4 Å². The molecule has 0 aliphatic carbocycles. The Bertz CT molecular complexity index is 743. The fourth-order valence-electron chi connectivity index (χ4n) is 2.63. The van der Waals surface area contributed by atoms with Crippen LogP contribution in [0.25, 0.3) is 11.0 Å². The number of nitrogens with two attached hydrogens (primary N) is 1. The van der Waals surface area contributed by atoms with Gasteiger partial charge in [-0.3, -0.25) is 11.3 Å². The second kappa shape index (κ2) is 5.68. The van der Waals surface area contributed by atoms with Gasteiger partial charge >= 0.3 is 0 Å². The van der Waals surface area contributed by atoms with Gasteiger partial charge < -0.3 is 4.57 Å². The van der Waals surface area contributed by atoms with Crippen LogP contribution in [0.4, 0.5) is 0 Å². The number of hydrogen-bond donors (Lipinski definition) is 2. The fraction of sp³-hybridized carbons (Fsp3) is 0.235. The summed E-state index contributed by atoms with van der Waals surface area (Å²) in [6, 6.07) is 16.7. The van der Waals surface area contributed by atoms with Crippen LogP contribution in [0.15, 0.2) is 48.5 Å². The monoisotopic (exact) mass is 280 g/mol. The van der Waals surface area contributed by atoms with Crippen LogP contribution >= 0.6 is 0 Å². The number of rotatable bonds is 4. The molecule has 3 aromatic rings. The van der Waals surface area contributed by atoms with Crippen molar-refractivity contribution in [1.29, 1.82) is 0 Å². The third kappa shape index (κ3) is 2.68. The molecular weight excluding hydrogens is 260 g/mol. The van der Waals surface area contributed by atoms with Gasteiger partial charge in [-0.05, 0) is 24.6 Å². The Labute approximate surface area is 124 Å². The van der Waals surface area contributed by atoms with Crippen molar-refractivity contribution in [3.8, 4) is 0 Å². The van der Waals surface area contributed by atoms with Gasteiger partial charge in [-0.2, -0.15) is 0 Å². The van der Waals surface area contributed by atoms with Gasteiger partial charge in [-0.1, -0.05) is 42.0 Å². The Morgan fingerprint density at radius 3 is 2.52 bits per heavy atom. The normalized spacial score (nSPS) is 12.7. The summed E-state index contributed by atoms with van der Waals surface area (Å²) in [5.41, 5.74) is 7.50. The number of nitrogens with zero attached hydrogens (tertiary/aromatic N) is 2. The molecule has 0 spiro atoms. The lowest BCUT2D eigenvalue weighted by Crippen LogP contribution is -2.30. The molecule has 21 heavy (non-hydrogen) atoms. The molecule has 4 nitrogen and oxygen atoms in total. The molecule has 3 N–H and O–H groups in total. The molecule has 1 unspecified atom stereocenters. The summed E-state index contributed by atoms with van der Waals surface area (Å²) in [6.45, 7) is 2.08. The summed E-state index contributed by atoms with van der Waals surface area (Å²) in [5.74, 6) is 6.78. The number of nitrogens with one attached hydrogen (secondary N) is 1. The maximum atomic E-state index is 5.75. The van der Waals surface area contributed by atoms with E-state index in [4.69, 9.17) is 10.8 Å². The number of imidazole rings is 1. The quantitative estimate of drug-likeness (QED) is 0.570. The minimum atomic E-state index is 0.0566. The van der Waals surface area contributed by atoms with Crippen molar-refractivity contribution in [2.24, 2.45) is 12.9 Å². The molecule has 0 saturated heterocycles. The van der Waals surface area contributed by atoms with Gasteiger partial charge in [0.2, 0.25) is 0 Å². The van der Waals surface area contributed by atoms with E-state index in [0.29, 0.717) is 0 Å². The van der Waals surface area contributed by atoms with Gasteiger partial charge in [0.05, 0.1) is 17.1 Å². The van der Waals surface area contributed by atoms with Crippen LogP contribution in [0.3, 0.4) is 0 Å². The van der Waals surface area contributed by atoms with Gasteiger partial charge in [0, 0.05) is 13.5 Å². The number of aromatic nitrogens is 2. The van der Waals surface area contributed by atoms with E-state index in [1.807, 2.05) is 25.2 Å². The average Bonchev–Trinajstić information content (AvgIpc) is 2.83. The average molecular weight is 280 g/mol. The molecule has 2 aromatic carbocycles. The molecular formula is C17H20N4. The number of hydrazine groups is 1. The van der Waals surface area contributed by atoms with Gasteiger partial charge in [-0.15, -0.1) is 0 Å². The van der Waals surface area contributed by atoms with Crippen LogP contribution in [-0.2, 0) is 13.5 Å². The topological polar surface area (TPSA) is 55.9 Å². The van der Waals surface area contributed by atoms with Gasteiger partial charge in [0.25, 0.3) is 0 Å². The van der Waals surface area contributed by atoms with E-state index in [-0.39, 0.29) is 6.04 Å². The first-order chi connectivity index (χ1) is 10.2. The van der Waals surface area contributed by atoms with Gasteiger partial charge in [0.15, 0.2) is 0 Å². The number of aryl methyl sites for hydroxylation is 2. The van der Waals surface area contributed by atoms with E-state index in [2.05, 4.69) is 47.2 Å². The Kier molecular flexibility index (Phi) is 3.73. The lowest BCUT2D eigenvalue weighted by Gasteiger charge is -2.16. The summed E-state index contributed by atoms with van der Waals surface area (Å²) < 4.78 is 2.13. The highest BCUT2D eigenvalue weighted by Gasteiger charge is 2.15. The molecule has 0 fully saturated rings. The van der Waals surface area contributed by atoms with Crippen molar-refractivity contribution in [3.63, 3.8) is 0 Å². The van der Waals surface area contributed by atoms with Crippen LogP contribution in [0, 0.1) is 6.92 Å². The van der Waals surface area contributed by atoms with E-state index in [1.54, 1.807) is 0 Å². The highest BCUT2D eigenvalue weighted by Crippen LogP contribution is 2.21. The maximum Gasteiger partial charge on any atom is 0.111 e. The number of fused-ring (bicyclic) bond motifs is 1. The van der Waals surface area contributed by atoms with Crippen LogP contribution in [0.2, 0.25) is 0 Å². The SMILES string of the molecule is Cc1ccc(C(Cc2nc3ccccc3n2C)NN)cc1. The van der Waals surface area contributed by atoms with Crippen LogP contribution in [0.1, 0.15) is 23.0 Å². The van der Waals surface area contributed by atoms with Crippen molar-refractivity contribution in [2.75, 3.05) is 0 Å². The standard InChI is InChI=1S/C17H20N4/c1-12-7-9-13(10-8-12)15(20-18)11-17-19-14-5-3-4-6-16(14)21(17)2/h3-10,15,20H,11,18H2,1-2H3. The molecule has 0 radical (unpaired) electrons. The zero-order chi connectivity index (χ0) is 14.8. The molecule has 1 heterocycles. The minimum Gasteiger partial charge on any atom is -0.331 e. The van der Waals surface area contributed by atoms with E-state index in [9.17, 15) is 0 Å². The first-order valence-electron chi connectivity index (χ1n) is 7.12. The smallest absolute Gasteiger partial charge is 0.111 e. The predicted octanol–water partition coefficient (Wildman–Crippen LogP) is 2.63. The van der Waals surface area contributed by atoms with Gasteiger partial charge in [-0.25, -0.2) is 4.98 Å². The first kappa shape index (κ1) is 13.8. The van der Waals surface area contributed by atoms with Crippen molar-refractivity contribution < 1.29 is 0 Å². The van der Waals surface area contributed by atoms with E-state index >= 15 is 0 Å². The first-order valence-corrected chi connectivity index (χ1v) is 7.12. The molecule has 1 aromatic heterocycles. The number of benzene rings is 2. The fourth-order valence-corrected chi connectivity index (χ4v) is 2.63. The molecule has 0 aliphatic rings. The van der Waals surface area contributed by atoms with Crippen molar-refractivity contribution in [1.82, 2.24) is 15.0 Å². The maximum absolute atomic E-state index is 5.75. The third-order valence-electron chi connectivity index (χ3n) is 3.95. The summed E-state index contributed by atoms with van der Waals surface area (Å²) in [4.78, 5) is 4.71. The zero-order valence-electron chi connectivity index (χ0n) is 12.4. The Balaban J connectivity index is 1.92. The van der Waals surface area contributed by atoms with E-state index in [0.717, 1.165) is 23.3 Å². The summed E-state index contributed by atoms with van der Waals surface area (Å²) in [7, 11) is 2.05. The number of para-hydroxylation sites is 2. The molecule has 0 aliphatic heterocycles. The van der Waals surface area contributed by atoms with E-state index in [1.165, 1.54) is 11.1 Å². The third-order valence-corrected chi connectivity index (χ3v) is 3.95. The lowest BCUT2D eigenvalue weighted by molar-refractivity contribution is 0.532. The van der Waals surface area contributed by atoms with Gasteiger partial charge in [0.1, 0.15) is 5.82 Å². The van der Waals surface area contributed by atoms with Crippen molar-refractivity contribution in [3.05, 3.63) is 65.5 Å². The Hall–Kier alpha value is -2.17. The summed E-state index contributed by atoms with van der Waals surface area (Å²) in [6.07, 6.45) is 0.755. The Morgan fingerprint density at radius 2 is 1.86 bits per heavy atom. The minimum absolute atomic E-state index is 0.0566. The molecule has 0 saturated carbocycles. The lowest BCUT2D eigenvalue weighted by atomic mass is 10.0. The second-order valence-corrected chi connectivity index (χ2v) is 5.41. The molecule has 0 bridgehead atoms. The highest BCUT2D eigenvalue weighted by molar-refractivity contribution is 5.75. The molecule has 3 rings (SSSR count). The molecule has 4 heteroatoms. The molecule has 0 amide bonds. The molecule has 108 valence electrons. The van der Waals surface area contributed by atoms with Crippen LogP contribution < -0.4 is 11.3 Å². The van der Waals surface area contributed by atoms with Crippen LogP contribution in [0.5, 0.6) is 0 Å². The summed E-state index contributed by atoms with van der Waals surface area (Å²) >= 11 is 0. The predicted molar refractivity (Wildman–Crippen MR) is 85.7 cm³/mol.